The van der Waals surface area contributed by atoms with E-state index in [0.29, 0.717) is 4.73 Å². The van der Waals surface area contributed by atoms with Crippen molar-refractivity contribution in [3.8, 4) is 11.8 Å². The first-order valence-electron chi connectivity index (χ1n) is 4.59. The second-order valence-electron chi connectivity index (χ2n) is 2.97. The van der Waals surface area contributed by atoms with Crippen LogP contribution in [0.2, 0.25) is 0 Å². The van der Waals surface area contributed by atoms with Crippen molar-refractivity contribution in [2.75, 3.05) is 6.61 Å². The molecule has 1 aromatic heterocycles. The molecule has 0 aliphatic rings. The summed E-state index contributed by atoms with van der Waals surface area (Å²) >= 11 is 0. The van der Waals surface area contributed by atoms with Gasteiger partial charge in [-0.2, -0.15) is 0 Å². The minimum atomic E-state index is -0.963. The fourth-order valence-electron chi connectivity index (χ4n) is 0.998. The van der Waals surface area contributed by atoms with Crippen molar-refractivity contribution in [1.82, 2.24) is 4.73 Å². The Kier molecular flexibility index (Phi) is 4.14. The fourth-order valence-corrected chi connectivity index (χ4v) is 0.998. The van der Waals surface area contributed by atoms with Crippen LogP contribution in [-0.4, -0.2) is 32.6 Å². The Balaban J connectivity index is 2.33. The van der Waals surface area contributed by atoms with Gasteiger partial charge in [-0.1, -0.05) is 0 Å². The number of nitrogens with zero attached hydrogens (tertiary/aromatic N) is 2. The van der Waals surface area contributed by atoms with Crippen molar-refractivity contribution >= 4 is 5.97 Å². The minimum Gasteiger partial charge on any atom is -0.492 e. The van der Waals surface area contributed by atoms with Gasteiger partial charge in [0.1, 0.15) is 0 Å². The van der Waals surface area contributed by atoms with Gasteiger partial charge < -0.3 is 19.9 Å². The van der Waals surface area contributed by atoms with E-state index in [4.69, 9.17) is 10.2 Å². The predicted octanol–water partition coefficient (Wildman–Crippen LogP) is -0.157. The zero-order chi connectivity index (χ0) is 12.8. The van der Waals surface area contributed by atoms with Crippen LogP contribution in [0.3, 0.4) is 0 Å². The molecule has 0 spiro atoms. The molecule has 0 aromatic carbocycles. The molecule has 94 valence electrons. The molecule has 9 nitrogen and oxygen atoms in total. The highest BCUT2D eigenvalue weighted by Crippen LogP contribution is 2.18. The standard InChI is InChI=1S/C8H10N2O7/c11-6-3-4-7(12)9(6)17-8(13)2-1-5-16-10(14)15/h3-4,11-12H,1-2,5H2. The Morgan fingerprint density at radius 1 is 1.41 bits per heavy atom. The maximum atomic E-state index is 11.2. The number of carbonyl (C=O) groups is 1. The minimum absolute atomic E-state index is 0.0859. The summed E-state index contributed by atoms with van der Waals surface area (Å²) in [6, 6.07) is 2.27. The van der Waals surface area contributed by atoms with Crippen LogP contribution in [0, 0.1) is 10.1 Å². The Labute approximate surface area is 94.8 Å². The lowest BCUT2D eigenvalue weighted by Gasteiger charge is -2.06. The first-order valence-corrected chi connectivity index (χ1v) is 4.59. The second-order valence-corrected chi connectivity index (χ2v) is 2.97. The van der Waals surface area contributed by atoms with Crippen molar-refractivity contribution < 1.29 is 29.8 Å². The van der Waals surface area contributed by atoms with Gasteiger partial charge in [0.25, 0.3) is 5.09 Å². The van der Waals surface area contributed by atoms with Gasteiger partial charge in [0, 0.05) is 18.6 Å². The first-order chi connectivity index (χ1) is 8.00. The van der Waals surface area contributed by atoms with E-state index in [1.807, 2.05) is 0 Å². The summed E-state index contributed by atoms with van der Waals surface area (Å²) in [6.45, 7) is -0.230. The van der Waals surface area contributed by atoms with E-state index in [9.17, 15) is 14.9 Å². The van der Waals surface area contributed by atoms with E-state index in [0.717, 1.165) is 12.1 Å². The molecule has 0 saturated heterocycles. The molecule has 0 radical (unpaired) electrons. The first kappa shape index (κ1) is 12.6. The molecular formula is C8H10N2O7. The van der Waals surface area contributed by atoms with Crippen molar-refractivity contribution in [1.29, 1.82) is 0 Å². The number of hydrogen-bond acceptors (Lipinski definition) is 7. The third-order valence-electron chi connectivity index (χ3n) is 1.71. The van der Waals surface area contributed by atoms with Crippen LogP contribution in [0.15, 0.2) is 12.1 Å². The molecule has 0 aliphatic heterocycles. The molecule has 0 aliphatic carbocycles. The van der Waals surface area contributed by atoms with Gasteiger partial charge in [-0.25, -0.2) is 4.79 Å². The van der Waals surface area contributed by atoms with E-state index in [-0.39, 0.29) is 19.4 Å². The average Bonchev–Trinajstić information content (AvgIpc) is 2.56. The molecule has 0 unspecified atom stereocenters. The van der Waals surface area contributed by atoms with Gasteiger partial charge >= 0.3 is 5.97 Å². The average molecular weight is 246 g/mol. The molecule has 1 heterocycles. The van der Waals surface area contributed by atoms with Crippen LogP contribution in [0.5, 0.6) is 11.8 Å². The molecule has 1 rings (SSSR count). The number of aromatic nitrogens is 1. The zero-order valence-corrected chi connectivity index (χ0v) is 8.61. The summed E-state index contributed by atoms with van der Waals surface area (Å²) < 4.78 is 0.538. The molecule has 2 N–H and O–H groups in total. The maximum absolute atomic E-state index is 11.2. The lowest BCUT2D eigenvalue weighted by molar-refractivity contribution is -0.757. The van der Waals surface area contributed by atoms with Crippen LogP contribution in [0.1, 0.15) is 12.8 Å². The molecule has 0 atom stereocenters. The van der Waals surface area contributed by atoms with Gasteiger partial charge in [-0.15, -0.1) is 14.8 Å². The summed E-state index contributed by atoms with van der Waals surface area (Å²) in [5.74, 6) is -1.63. The van der Waals surface area contributed by atoms with Crippen LogP contribution in [0.25, 0.3) is 0 Å². The molecule has 0 saturated carbocycles. The third kappa shape index (κ3) is 3.89. The van der Waals surface area contributed by atoms with Crippen LogP contribution >= 0.6 is 0 Å². The van der Waals surface area contributed by atoms with Crippen LogP contribution in [0.4, 0.5) is 0 Å². The van der Waals surface area contributed by atoms with E-state index < -0.39 is 22.8 Å². The molecule has 0 amide bonds. The maximum Gasteiger partial charge on any atom is 0.333 e. The highest BCUT2D eigenvalue weighted by Gasteiger charge is 2.11. The number of hydrogen-bond donors (Lipinski definition) is 2. The molecule has 0 bridgehead atoms. The highest BCUT2D eigenvalue weighted by atomic mass is 16.9. The normalized spacial score (nSPS) is 9.88. The number of carbonyl (C=O) groups excluding carboxylic acids is 1. The lowest BCUT2D eigenvalue weighted by atomic mass is 10.3. The van der Waals surface area contributed by atoms with E-state index >= 15 is 0 Å². The summed E-state index contributed by atoms with van der Waals surface area (Å²) in [6.07, 6.45) is -0.0620. The van der Waals surface area contributed by atoms with Crippen molar-refractivity contribution in [3.05, 3.63) is 22.2 Å². The SMILES string of the molecule is O=C(CCCO[N+](=O)[O-])On1c(O)ccc1O. The van der Waals surface area contributed by atoms with Gasteiger partial charge in [0.2, 0.25) is 11.8 Å². The van der Waals surface area contributed by atoms with Gasteiger partial charge in [-0.05, 0) is 6.42 Å². The molecule has 1 aromatic rings. The van der Waals surface area contributed by atoms with E-state index in [2.05, 4.69) is 9.68 Å². The number of rotatable bonds is 6. The topological polar surface area (TPSA) is 124 Å². The van der Waals surface area contributed by atoms with Gasteiger partial charge in [-0.3, -0.25) is 0 Å². The Bertz CT molecular complexity index is 395. The van der Waals surface area contributed by atoms with E-state index in [1.165, 1.54) is 0 Å². The Hall–Kier alpha value is -2.45. The smallest absolute Gasteiger partial charge is 0.333 e. The predicted molar refractivity (Wildman–Crippen MR) is 51.5 cm³/mol. The molecule has 9 heteroatoms. The summed E-state index contributed by atoms with van der Waals surface area (Å²) in [5, 5.41) is 27.1. The van der Waals surface area contributed by atoms with Crippen molar-refractivity contribution in [2.45, 2.75) is 12.8 Å². The second kappa shape index (κ2) is 5.58. The Morgan fingerprint density at radius 3 is 2.53 bits per heavy atom. The van der Waals surface area contributed by atoms with Crippen LogP contribution < -0.4 is 4.84 Å². The zero-order valence-electron chi connectivity index (χ0n) is 8.61. The quantitative estimate of drug-likeness (QED) is 0.406. The van der Waals surface area contributed by atoms with Crippen molar-refractivity contribution in [3.63, 3.8) is 0 Å². The van der Waals surface area contributed by atoms with Crippen molar-refractivity contribution in [2.24, 2.45) is 0 Å². The highest BCUT2D eigenvalue weighted by molar-refractivity contribution is 5.69. The fraction of sp³-hybridized carbons (Fsp3) is 0.375. The Morgan fingerprint density at radius 2 is 2.00 bits per heavy atom. The summed E-state index contributed by atoms with van der Waals surface area (Å²) in [4.78, 5) is 29.5. The van der Waals surface area contributed by atoms with E-state index in [1.54, 1.807) is 0 Å². The summed E-state index contributed by atoms with van der Waals surface area (Å²) in [5.41, 5.74) is 0. The van der Waals surface area contributed by atoms with Gasteiger partial charge in [0.05, 0.1) is 6.61 Å². The third-order valence-corrected chi connectivity index (χ3v) is 1.71. The number of aromatic hydroxyl groups is 2. The summed E-state index contributed by atoms with van der Waals surface area (Å²) in [7, 11) is 0. The molecule has 17 heavy (non-hydrogen) atoms. The molecule has 0 fully saturated rings. The molecular weight excluding hydrogens is 236 g/mol. The van der Waals surface area contributed by atoms with Gasteiger partial charge in [0.15, 0.2) is 0 Å². The largest absolute Gasteiger partial charge is 0.492 e. The van der Waals surface area contributed by atoms with Crippen LogP contribution in [-0.2, 0) is 9.63 Å². The lowest BCUT2D eigenvalue weighted by Crippen LogP contribution is -2.19. The monoisotopic (exact) mass is 246 g/mol.